The molecule has 0 radical (unpaired) electrons. The van der Waals surface area contributed by atoms with Gasteiger partial charge < -0.3 is 5.32 Å². The number of nitrogens with zero attached hydrogens (tertiary/aromatic N) is 4. The van der Waals surface area contributed by atoms with Gasteiger partial charge in [-0.05, 0) is 45.2 Å². The first-order chi connectivity index (χ1) is 15.3. The highest BCUT2D eigenvalue weighted by Crippen LogP contribution is 2.40. The number of hydrogen-bond acceptors (Lipinski definition) is 5. The van der Waals surface area contributed by atoms with E-state index in [1.165, 1.54) is 0 Å². The summed E-state index contributed by atoms with van der Waals surface area (Å²) in [6, 6.07) is 10.1. The minimum Gasteiger partial charge on any atom is -0.318 e. The fourth-order valence-corrected chi connectivity index (χ4v) is 4.06. The highest BCUT2D eigenvalue weighted by molar-refractivity contribution is 6.11. The zero-order chi connectivity index (χ0) is 22.6. The molecule has 1 aliphatic heterocycles. The number of benzene rings is 1. The van der Waals surface area contributed by atoms with Gasteiger partial charge in [-0.3, -0.25) is 15.0 Å². The maximum Gasteiger partial charge on any atom is 0.344 e. The molecule has 5 rings (SSSR count). The molecular formula is C23H24N6O3. The van der Waals surface area contributed by atoms with Crippen LogP contribution in [0.25, 0.3) is 11.0 Å². The molecule has 2 N–H and O–H groups in total. The Balaban J connectivity index is 1.49. The van der Waals surface area contributed by atoms with Crippen LogP contribution in [0.5, 0.6) is 0 Å². The first kappa shape index (κ1) is 20.2. The van der Waals surface area contributed by atoms with Crippen LogP contribution in [-0.2, 0) is 10.3 Å². The van der Waals surface area contributed by atoms with E-state index in [1.54, 1.807) is 48.1 Å². The Morgan fingerprint density at radius 2 is 1.94 bits per heavy atom. The maximum atomic E-state index is 13.3. The standard InChI is InChI=1S/C23H24N6O3/c1-13(2)28-19-17(12-24-28)16(11-18(25-19)14-9-10-14)20(30)27-29-21(31)23(3,26-22(29)32)15-7-5-4-6-8-15/h4-8,11-14H,9-10H2,1-3H3,(H,26,32)(H,27,30). The number of pyridine rings is 1. The SMILES string of the molecule is CC(C)n1ncc2c(C(=O)NN3C(=O)NC(C)(c4ccccc4)C3=O)cc(C3CC3)nc21. The topological polar surface area (TPSA) is 109 Å². The molecule has 1 aromatic carbocycles. The van der Waals surface area contributed by atoms with E-state index in [1.807, 2.05) is 19.9 Å². The molecule has 0 bridgehead atoms. The van der Waals surface area contributed by atoms with Gasteiger partial charge in [-0.15, -0.1) is 0 Å². The Labute approximate surface area is 184 Å². The van der Waals surface area contributed by atoms with Crippen LogP contribution in [-0.4, -0.2) is 37.6 Å². The number of urea groups is 1. The van der Waals surface area contributed by atoms with E-state index in [2.05, 4.69) is 15.8 Å². The lowest BCUT2D eigenvalue weighted by Gasteiger charge is -2.22. The van der Waals surface area contributed by atoms with E-state index in [0.29, 0.717) is 28.1 Å². The molecule has 2 fully saturated rings. The first-order valence-corrected chi connectivity index (χ1v) is 10.7. The molecule has 2 aromatic heterocycles. The molecule has 1 unspecified atom stereocenters. The van der Waals surface area contributed by atoms with Crippen LogP contribution in [0.15, 0.2) is 42.6 Å². The summed E-state index contributed by atoms with van der Waals surface area (Å²) in [7, 11) is 0. The smallest absolute Gasteiger partial charge is 0.318 e. The number of rotatable bonds is 5. The summed E-state index contributed by atoms with van der Waals surface area (Å²) in [6.45, 7) is 5.61. The lowest BCUT2D eigenvalue weighted by atomic mass is 9.92. The van der Waals surface area contributed by atoms with E-state index in [0.717, 1.165) is 23.5 Å². The van der Waals surface area contributed by atoms with Crippen molar-refractivity contribution in [2.24, 2.45) is 0 Å². The Morgan fingerprint density at radius 3 is 2.59 bits per heavy atom. The number of amides is 4. The molecular weight excluding hydrogens is 408 g/mol. The van der Waals surface area contributed by atoms with Gasteiger partial charge in [-0.2, -0.15) is 10.1 Å². The van der Waals surface area contributed by atoms with Crippen molar-refractivity contribution in [3.63, 3.8) is 0 Å². The highest BCUT2D eigenvalue weighted by Gasteiger charge is 2.50. The summed E-state index contributed by atoms with van der Waals surface area (Å²) in [5.41, 5.74) is 3.68. The van der Waals surface area contributed by atoms with E-state index >= 15 is 0 Å². The zero-order valence-corrected chi connectivity index (χ0v) is 18.1. The number of nitrogens with one attached hydrogen (secondary N) is 2. The highest BCUT2D eigenvalue weighted by atomic mass is 16.2. The van der Waals surface area contributed by atoms with Crippen molar-refractivity contribution in [2.45, 2.75) is 51.1 Å². The number of aromatic nitrogens is 3. The van der Waals surface area contributed by atoms with E-state index in [-0.39, 0.29) is 6.04 Å². The fourth-order valence-electron chi connectivity index (χ4n) is 4.06. The first-order valence-electron chi connectivity index (χ1n) is 10.7. The predicted octanol–water partition coefficient (Wildman–Crippen LogP) is 3.00. The van der Waals surface area contributed by atoms with Crippen molar-refractivity contribution in [1.82, 2.24) is 30.5 Å². The van der Waals surface area contributed by atoms with Crippen LogP contribution in [0.1, 0.15) is 67.2 Å². The van der Waals surface area contributed by atoms with Crippen molar-refractivity contribution < 1.29 is 14.4 Å². The van der Waals surface area contributed by atoms with Crippen LogP contribution in [0, 0.1) is 0 Å². The van der Waals surface area contributed by atoms with Gasteiger partial charge in [-0.25, -0.2) is 14.5 Å². The summed E-state index contributed by atoms with van der Waals surface area (Å²) in [5, 5.41) is 8.43. The molecule has 4 amide bonds. The van der Waals surface area contributed by atoms with E-state index in [4.69, 9.17) is 4.98 Å². The van der Waals surface area contributed by atoms with Crippen molar-refractivity contribution in [1.29, 1.82) is 0 Å². The Bertz CT molecular complexity index is 1250. The number of carbonyl (C=O) groups excluding carboxylic acids is 3. The second kappa shape index (κ2) is 7.15. The normalized spacial score (nSPS) is 20.8. The lowest BCUT2D eigenvalue weighted by molar-refractivity contribution is -0.132. The van der Waals surface area contributed by atoms with Crippen LogP contribution >= 0.6 is 0 Å². The molecule has 9 nitrogen and oxygen atoms in total. The van der Waals surface area contributed by atoms with E-state index < -0.39 is 23.4 Å². The maximum absolute atomic E-state index is 13.3. The molecule has 164 valence electrons. The quantitative estimate of drug-likeness (QED) is 0.603. The fraction of sp³-hybridized carbons (Fsp3) is 0.348. The zero-order valence-electron chi connectivity index (χ0n) is 18.1. The van der Waals surface area contributed by atoms with Crippen molar-refractivity contribution in [3.8, 4) is 0 Å². The number of fused-ring (bicyclic) bond motifs is 1. The van der Waals surface area contributed by atoms with Crippen molar-refractivity contribution in [3.05, 3.63) is 59.4 Å². The molecule has 1 saturated carbocycles. The molecule has 1 saturated heterocycles. The number of carbonyl (C=O) groups is 3. The summed E-state index contributed by atoms with van der Waals surface area (Å²) in [6.07, 6.45) is 3.66. The largest absolute Gasteiger partial charge is 0.344 e. The number of hydrazine groups is 1. The van der Waals surface area contributed by atoms with Crippen LogP contribution in [0.2, 0.25) is 0 Å². The third-order valence-corrected chi connectivity index (χ3v) is 6.07. The Morgan fingerprint density at radius 1 is 1.22 bits per heavy atom. The number of hydrogen-bond donors (Lipinski definition) is 2. The second-order valence-electron chi connectivity index (χ2n) is 8.79. The average Bonchev–Trinajstić information content (AvgIpc) is 3.50. The minimum absolute atomic E-state index is 0.0721. The summed E-state index contributed by atoms with van der Waals surface area (Å²) in [5.74, 6) is -0.782. The van der Waals surface area contributed by atoms with E-state index in [9.17, 15) is 14.4 Å². The monoisotopic (exact) mass is 432 g/mol. The van der Waals surface area contributed by atoms with Gasteiger partial charge in [0.05, 0.1) is 17.1 Å². The van der Waals surface area contributed by atoms with Crippen LogP contribution in [0.4, 0.5) is 4.79 Å². The van der Waals surface area contributed by atoms with Gasteiger partial charge in [0.25, 0.3) is 11.8 Å². The lowest BCUT2D eigenvalue weighted by Crippen LogP contribution is -2.48. The Kier molecular flexibility index (Phi) is 4.51. The molecule has 3 aromatic rings. The molecule has 1 atom stereocenters. The van der Waals surface area contributed by atoms with Gasteiger partial charge in [0, 0.05) is 17.7 Å². The molecule has 2 aliphatic rings. The molecule has 32 heavy (non-hydrogen) atoms. The Hall–Kier alpha value is -3.75. The number of imide groups is 1. The van der Waals surface area contributed by atoms with Gasteiger partial charge in [0.1, 0.15) is 5.54 Å². The predicted molar refractivity (Wildman–Crippen MR) is 117 cm³/mol. The van der Waals surface area contributed by atoms with Gasteiger partial charge in [0.2, 0.25) is 0 Å². The molecule has 0 spiro atoms. The van der Waals surface area contributed by atoms with Crippen LogP contribution in [0.3, 0.4) is 0 Å². The van der Waals surface area contributed by atoms with Gasteiger partial charge in [0.15, 0.2) is 5.65 Å². The van der Waals surface area contributed by atoms with Gasteiger partial charge in [-0.1, -0.05) is 30.3 Å². The second-order valence-corrected chi connectivity index (χ2v) is 8.79. The third-order valence-electron chi connectivity index (χ3n) is 6.07. The molecule has 3 heterocycles. The molecule has 1 aliphatic carbocycles. The summed E-state index contributed by atoms with van der Waals surface area (Å²) in [4.78, 5) is 43.8. The van der Waals surface area contributed by atoms with Crippen LogP contribution < -0.4 is 10.7 Å². The minimum atomic E-state index is -1.26. The van der Waals surface area contributed by atoms with Crippen molar-refractivity contribution >= 4 is 28.9 Å². The average molecular weight is 432 g/mol. The van der Waals surface area contributed by atoms with Crippen molar-refractivity contribution in [2.75, 3.05) is 0 Å². The summed E-state index contributed by atoms with van der Waals surface area (Å²) >= 11 is 0. The third kappa shape index (κ3) is 3.12. The summed E-state index contributed by atoms with van der Waals surface area (Å²) < 4.78 is 1.78. The van der Waals surface area contributed by atoms with Gasteiger partial charge >= 0.3 is 6.03 Å². The molecule has 9 heteroatoms.